The predicted molar refractivity (Wildman–Crippen MR) is 81.1 cm³/mol. The van der Waals surface area contributed by atoms with Gasteiger partial charge in [-0.3, -0.25) is 4.90 Å². The third-order valence-corrected chi connectivity index (χ3v) is 4.87. The molecule has 1 aliphatic carbocycles. The maximum atomic E-state index is 13.4. The highest BCUT2D eigenvalue weighted by Gasteiger charge is 2.35. The normalized spacial score (nSPS) is 25.2. The Morgan fingerprint density at radius 1 is 1.24 bits per heavy atom. The highest BCUT2D eigenvalue weighted by atomic mass is 19.1. The van der Waals surface area contributed by atoms with Crippen molar-refractivity contribution in [3.8, 4) is 11.8 Å². The number of hydrogen-bond acceptors (Lipinski definition) is 2. The predicted octanol–water partition coefficient (Wildman–Crippen LogP) is 2.93. The van der Waals surface area contributed by atoms with Crippen molar-refractivity contribution in [1.29, 1.82) is 0 Å². The van der Waals surface area contributed by atoms with Crippen molar-refractivity contribution < 1.29 is 9.50 Å². The van der Waals surface area contributed by atoms with E-state index in [1.807, 2.05) is 6.07 Å². The third kappa shape index (κ3) is 3.28. The monoisotopic (exact) mass is 287 g/mol. The molecule has 3 rings (SSSR count). The third-order valence-electron chi connectivity index (χ3n) is 4.87. The Balaban J connectivity index is 1.78. The summed E-state index contributed by atoms with van der Waals surface area (Å²) in [5.74, 6) is 6.10. The van der Waals surface area contributed by atoms with Gasteiger partial charge < -0.3 is 5.11 Å². The van der Waals surface area contributed by atoms with E-state index in [9.17, 15) is 4.39 Å². The molecule has 2 nitrogen and oxygen atoms in total. The molecule has 0 radical (unpaired) electrons. The van der Waals surface area contributed by atoms with Crippen LogP contribution in [0.25, 0.3) is 0 Å². The van der Waals surface area contributed by atoms with E-state index in [0.717, 1.165) is 24.6 Å². The first-order valence-electron chi connectivity index (χ1n) is 7.90. The fourth-order valence-electron chi connectivity index (χ4n) is 3.86. The Kier molecular flexibility index (Phi) is 4.57. The maximum Gasteiger partial charge on any atom is 0.124 e. The van der Waals surface area contributed by atoms with Gasteiger partial charge in [-0.25, -0.2) is 4.39 Å². The lowest BCUT2D eigenvalue weighted by atomic mass is 9.85. The lowest BCUT2D eigenvalue weighted by Gasteiger charge is -2.32. The number of likely N-dealkylation sites (tertiary alicyclic amines) is 1. The molecule has 1 aromatic carbocycles. The van der Waals surface area contributed by atoms with Crippen LogP contribution in [0.15, 0.2) is 18.2 Å². The van der Waals surface area contributed by atoms with E-state index in [1.54, 1.807) is 0 Å². The maximum absolute atomic E-state index is 13.4. The zero-order chi connectivity index (χ0) is 14.7. The van der Waals surface area contributed by atoms with Crippen molar-refractivity contribution in [2.75, 3.05) is 13.2 Å². The van der Waals surface area contributed by atoms with E-state index in [0.29, 0.717) is 11.6 Å². The number of aliphatic hydroxyl groups excluding tert-OH is 1. The van der Waals surface area contributed by atoms with Crippen LogP contribution in [0, 0.1) is 23.6 Å². The molecule has 1 saturated heterocycles. The lowest BCUT2D eigenvalue weighted by Crippen LogP contribution is -2.34. The number of hydrogen-bond donors (Lipinski definition) is 1. The number of benzene rings is 1. The molecule has 2 aliphatic rings. The van der Waals surface area contributed by atoms with Gasteiger partial charge in [-0.1, -0.05) is 30.7 Å². The second kappa shape index (κ2) is 6.60. The summed E-state index contributed by atoms with van der Waals surface area (Å²) in [5.41, 5.74) is 1.78. The standard InChI is InChI=1S/C18H22FNO/c19-17-8-7-16(15(12-17)5-3-11-21)13-20-10-9-14-4-1-2-6-18(14)20/h7-8,12,14,18,21H,1-2,4,6,9-11,13H2. The Morgan fingerprint density at radius 3 is 2.95 bits per heavy atom. The molecule has 0 amide bonds. The van der Waals surface area contributed by atoms with Gasteiger partial charge in [0.1, 0.15) is 12.4 Å². The number of rotatable bonds is 2. The quantitative estimate of drug-likeness (QED) is 0.845. The highest BCUT2D eigenvalue weighted by Crippen LogP contribution is 2.37. The van der Waals surface area contributed by atoms with Crippen LogP contribution in [0.1, 0.15) is 43.2 Å². The Hall–Kier alpha value is -1.37. The van der Waals surface area contributed by atoms with Gasteiger partial charge in [0.15, 0.2) is 0 Å². The molecule has 21 heavy (non-hydrogen) atoms. The van der Waals surface area contributed by atoms with Crippen molar-refractivity contribution in [3.63, 3.8) is 0 Å². The van der Waals surface area contributed by atoms with E-state index in [1.165, 1.54) is 44.2 Å². The van der Waals surface area contributed by atoms with Gasteiger partial charge in [0.2, 0.25) is 0 Å². The van der Waals surface area contributed by atoms with Gasteiger partial charge in [-0.05, 0) is 49.4 Å². The molecule has 1 aliphatic heterocycles. The first-order valence-corrected chi connectivity index (χ1v) is 7.90. The van der Waals surface area contributed by atoms with Gasteiger partial charge >= 0.3 is 0 Å². The average Bonchev–Trinajstić information content (AvgIpc) is 2.91. The van der Waals surface area contributed by atoms with Crippen LogP contribution in [-0.4, -0.2) is 29.2 Å². The summed E-state index contributed by atoms with van der Waals surface area (Å²) < 4.78 is 13.4. The number of aliphatic hydroxyl groups is 1. The van der Waals surface area contributed by atoms with Crippen LogP contribution < -0.4 is 0 Å². The summed E-state index contributed by atoms with van der Waals surface area (Å²) in [6.07, 6.45) is 6.66. The first-order chi connectivity index (χ1) is 10.3. The SMILES string of the molecule is OCC#Cc1cc(F)ccc1CN1CCC2CCCCC21. The summed E-state index contributed by atoms with van der Waals surface area (Å²) in [6, 6.07) is 5.52. The minimum atomic E-state index is -0.266. The largest absolute Gasteiger partial charge is 0.384 e. The summed E-state index contributed by atoms with van der Waals surface area (Å²) in [4.78, 5) is 2.54. The second-order valence-electron chi connectivity index (χ2n) is 6.13. The summed E-state index contributed by atoms with van der Waals surface area (Å²) >= 11 is 0. The second-order valence-corrected chi connectivity index (χ2v) is 6.13. The molecule has 0 spiro atoms. The van der Waals surface area contributed by atoms with Crippen molar-refractivity contribution >= 4 is 0 Å². The molecule has 1 saturated carbocycles. The highest BCUT2D eigenvalue weighted by molar-refractivity contribution is 5.41. The minimum Gasteiger partial charge on any atom is -0.384 e. The van der Waals surface area contributed by atoms with E-state index in [-0.39, 0.29) is 12.4 Å². The van der Waals surface area contributed by atoms with Crippen LogP contribution in [0.3, 0.4) is 0 Å². The van der Waals surface area contributed by atoms with Crippen LogP contribution in [0.5, 0.6) is 0 Å². The van der Waals surface area contributed by atoms with Crippen LogP contribution in [0.4, 0.5) is 4.39 Å². The topological polar surface area (TPSA) is 23.5 Å². The van der Waals surface area contributed by atoms with Crippen LogP contribution in [0.2, 0.25) is 0 Å². The minimum absolute atomic E-state index is 0.190. The zero-order valence-corrected chi connectivity index (χ0v) is 12.3. The zero-order valence-electron chi connectivity index (χ0n) is 12.3. The van der Waals surface area contributed by atoms with Crippen molar-refractivity contribution in [2.24, 2.45) is 5.92 Å². The van der Waals surface area contributed by atoms with E-state index >= 15 is 0 Å². The molecular weight excluding hydrogens is 265 g/mol. The molecule has 0 aromatic heterocycles. The van der Waals surface area contributed by atoms with E-state index < -0.39 is 0 Å². The molecule has 0 bridgehead atoms. The first kappa shape index (κ1) is 14.6. The lowest BCUT2D eigenvalue weighted by molar-refractivity contribution is 0.176. The van der Waals surface area contributed by atoms with Crippen molar-refractivity contribution in [3.05, 3.63) is 35.1 Å². The van der Waals surface area contributed by atoms with Gasteiger partial charge in [0, 0.05) is 18.2 Å². The molecule has 1 heterocycles. The van der Waals surface area contributed by atoms with Crippen molar-refractivity contribution in [2.45, 2.75) is 44.7 Å². The molecule has 112 valence electrons. The molecule has 2 fully saturated rings. The Bertz CT molecular complexity index is 560. The van der Waals surface area contributed by atoms with Crippen LogP contribution in [-0.2, 0) is 6.54 Å². The molecule has 1 N–H and O–H groups in total. The van der Waals surface area contributed by atoms with E-state index in [2.05, 4.69) is 16.7 Å². The summed E-state index contributed by atoms with van der Waals surface area (Å²) in [6.45, 7) is 1.79. The molecule has 3 heteroatoms. The number of fused-ring (bicyclic) bond motifs is 1. The van der Waals surface area contributed by atoms with Crippen LogP contribution >= 0.6 is 0 Å². The Labute approximate surface area is 126 Å². The Morgan fingerprint density at radius 2 is 2.10 bits per heavy atom. The summed E-state index contributed by atoms with van der Waals surface area (Å²) in [7, 11) is 0. The smallest absolute Gasteiger partial charge is 0.124 e. The number of halogens is 1. The fraction of sp³-hybridized carbons (Fsp3) is 0.556. The van der Waals surface area contributed by atoms with Gasteiger partial charge in [0.25, 0.3) is 0 Å². The summed E-state index contributed by atoms with van der Waals surface area (Å²) in [5, 5.41) is 8.85. The fourth-order valence-corrected chi connectivity index (χ4v) is 3.86. The van der Waals surface area contributed by atoms with Gasteiger partial charge in [0.05, 0.1) is 0 Å². The molecule has 2 atom stereocenters. The molecule has 2 unspecified atom stereocenters. The van der Waals surface area contributed by atoms with Gasteiger partial charge in [-0.15, -0.1) is 0 Å². The van der Waals surface area contributed by atoms with Gasteiger partial charge in [-0.2, -0.15) is 0 Å². The average molecular weight is 287 g/mol. The van der Waals surface area contributed by atoms with Crippen molar-refractivity contribution in [1.82, 2.24) is 4.90 Å². The van der Waals surface area contributed by atoms with E-state index in [4.69, 9.17) is 5.11 Å². The molecular formula is C18H22FNO. The molecule has 1 aromatic rings. The number of nitrogens with zero attached hydrogens (tertiary/aromatic N) is 1.